The summed E-state index contributed by atoms with van der Waals surface area (Å²) in [5, 5.41) is 4.83. The molecule has 0 aliphatic heterocycles. The third kappa shape index (κ3) is 3.78. The molecule has 0 fully saturated rings. The van der Waals surface area contributed by atoms with Gasteiger partial charge in [0.05, 0.1) is 4.90 Å². The van der Waals surface area contributed by atoms with Gasteiger partial charge in [-0.25, -0.2) is 13.1 Å². The van der Waals surface area contributed by atoms with E-state index in [2.05, 4.69) is 10.0 Å². The Labute approximate surface area is 120 Å². The monoisotopic (exact) mass is 304 g/mol. The van der Waals surface area contributed by atoms with Crippen molar-refractivity contribution < 1.29 is 8.42 Å². The van der Waals surface area contributed by atoms with E-state index >= 15 is 0 Å². The van der Waals surface area contributed by atoms with E-state index in [0.717, 1.165) is 24.1 Å². The van der Waals surface area contributed by atoms with Gasteiger partial charge in [-0.05, 0) is 37.8 Å². The first-order chi connectivity index (χ1) is 8.94. The van der Waals surface area contributed by atoms with Crippen molar-refractivity contribution in [2.75, 3.05) is 7.05 Å². The quantitative estimate of drug-likeness (QED) is 0.776. The fourth-order valence-electron chi connectivity index (χ4n) is 2.16. The summed E-state index contributed by atoms with van der Waals surface area (Å²) in [5.74, 6) is 0. The Kier molecular flexibility index (Phi) is 5.98. The molecule has 19 heavy (non-hydrogen) atoms. The maximum Gasteiger partial charge on any atom is 0.242 e. The van der Waals surface area contributed by atoms with E-state index in [-0.39, 0.29) is 5.54 Å². The summed E-state index contributed by atoms with van der Waals surface area (Å²) >= 11 is 1.47. The van der Waals surface area contributed by atoms with E-state index in [4.69, 9.17) is 0 Å². The summed E-state index contributed by atoms with van der Waals surface area (Å²) in [7, 11) is -1.63. The molecule has 1 aromatic rings. The standard InChI is InChI=1S/C13H24N2O2S2/c1-5-13(6-2,7-3)15-19(16,17)12-8-9-18-11(12)10-14-4/h8-9,14-15H,5-7,10H2,1-4H3. The number of nitrogens with one attached hydrogen (secondary N) is 2. The second kappa shape index (κ2) is 6.83. The van der Waals surface area contributed by atoms with Crippen LogP contribution in [-0.4, -0.2) is 21.0 Å². The van der Waals surface area contributed by atoms with Gasteiger partial charge in [0.1, 0.15) is 0 Å². The van der Waals surface area contributed by atoms with E-state index < -0.39 is 10.0 Å². The molecule has 6 heteroatoms. The van der Waals surface area contributed by atoms with Crippen LogP contribution < -0.4 is 10.0 Å². The van der Waals surface area contributed by atoms with Gasteiger partial charge in [0.2, 0.25) is 10.0 Å². The van der Waals surface area contributed by atoms with Crippen LogP contribution in [0.5, 0.6) is 0 Å². The van der Waals surface area contributed by atoms with Gasteiger partial charge in [-0.15, -0.1) is 11.3 Å². The molecule has 0 aliphatic rings. The number of hydrogen-bond acceptors (Lipinski definition) is 4. The lowest BCUT2D eigenvalue weighted by Gasteiger charge is -2.31. The van der Waals surface area contributed by atoms with Crippen molar-refractivity contribution in [3.63, 3.8) is 0 Å². The Balaban J connectivity index is 3.07. The Bertz CT molecular complexity index is 482. The molecule has 0 aromatic carbocycles. The third-order valence-corrected chi connectivity index (χ3v) is 6.43. The zero-order chi connectivity index (χ0) is 14.5. The summed E-state index contributed by atoms with van der Waals surface area (Å²) in [4.78, 5) is 1.26. The number of rotatable bonds is 8. The summed E-state index contributed by atoms with van der Waals surface area (Å²) in [6.07, 6.45) is 2.39. The Morgan fingerprint density at radius 1 is 1.21 bits per heavy atom. The number of sulfonamides is 1. The maximum atomic E-state index is 12.5. The van der Waals surface area contributed by atoms with Gasteiger partial charge in [-0.1, -0.05) is 20.8 Å². The lowest BCUT2D eigenvalue weighted by atomic mass is 9.91. The van der Waals surface area contributed by atoms with Crippen molar-refractivity contribution in [1.29, 1.82) is 0 Å². The molecule has 0 amide bonds. The van der Waals surface area contributed by atoms with Crippen molar-refractivity contribution in [2.24, 2.45) is 0 Å². The molecule has 0 atom stereocenters. The molecule has 0 aliphatic carbocycles. The van der Waals surface area contributed by atoms with Gasteiger partial charge in [-0.3, -0.25) is 0 Å². The molecule has 0 unspecified atom stereocenters. The summed E-state index contributed by atoms with van der Waals surface area (Å²) < 4.78 is 28.0. The van der Waals surface area contributed by atoms with E-state index in [1.807, 2.05) is 33.2 Å². The minimum absolute atomic E-state index is 0.336. The molecule has 1 aromatic heterocycles. The zero-order valence-electron chi connectivity index (χ0n) is 12.1. The Hall–Kier alpha value is -0.430. The van der Waals surface area contributed by atoms with Gasteiger partial charge in [-0.2, -0.15) is 0 Å². The van der Waals surface area contributed by atoms with Gasteiger partial charge in [0.15, 0.2) is 0 Å². The second-order valence-corrected chi connectivity index (χ2v) is 7.34. The Morgan fingerprint density at radius 3 is 2.26 bits per heavy atom. The molecule has 110 valence electrons. The van der Waals surface area contributed by atoms with Crippen LogP contribution in [0.1, 0.15) is 44.9 Å². The van der Waals surface area contributed by atoms with Crippen LogP contribution >= 0.6 is 11.3 Å². The summed E-state index contributed by atoms with van der Waals surface area (Å²) in [6.45, 7) is 6.65. The van der Waals surface area contributed by atoms with E-state index in [1.165, 1.54) is 11.3 Å². The van der Waals surface area contributed by atoms with E-state index in [1.54, 1.807) is 6.07 Å². The van der Waals surface area contributed by atoms with Crippen LogP contribution in [0.4, 0.5) is 0 Å². The first kappa shape index (κ1) is 16.6. The largest absolute Gasteiger partial charge is 0.315 e. The van der Waals surface area contributed by atoms with Gasteiger partial charge < -0.3 is 5.32 Å². The molecular weight excluding hydrogens is 280 g/mol. The van der Waals surface area contributed by atoms with Crippen LogP contribution in [0.3, 0.4) is 0 Å². The van der Waals surface area contributed by atoms with Gasteiger partial charge in [0, 0.05) is 17.0 Å². The number of thiophene rings is 1. The molecule has 4 nitrogen and oxygen atoms in total. The lowest BCUT2D eigenvalue weighted by molar-refractivity contribution is 0.341. The molecule has 1 rings (SSSR count). The fraction of sp³-hybridized carbons (Fsp3) is 0.692. The van der Waals surface area contributed by atoms with Crippen molar-refractivity contribution in [3.05, 3.63) is 16.3 Å². The zero-order valence-corrected chi connectivity index (χ0v) is 13.7. The highest BCUT2D eigenvalue weighted by molar-refractivity contribution is 7.89. The highest BCUT2D eigenvalue weighted by atomic mass is 32.2. The molecule has 0 bridgehead atoms. The Morgan fingerprint density at radius 2 is 1.79 bits per heavy atom. The van der Waals surface area contributed by atoms with Crippen molar-refractivity contribution in [2.45, 2.75) is 57.0 Å². The molecule has 0 radical (unpaired) electrons. The minimum atomic E-state index is -3.44. The maximum absolute atomic E-state index is 12.5. The number of hydrogen-bond donors (Lipinski definition) is 2. The first-order valence-corrected chi connectivity index (χ1v) is 9.06. The third-order valence-electron chi connectivity index (χ3n) is 3.71. The second-order valence-electron chi connectivity index (χ2n) is 4.68. The fourth-order valence-corrected chi connectivity index (χ4v) is 5.24. The molecule has 2 N–H and O–H groups in total. The summed E-state index contributed by atoms with van der Waals surface area (Å²) in [6, 6.07) is 1.69. The highest BCUT2D eigenvalue weighted by Crippen LogP contribution is 2.26. The topological polar surface area (TPSA) is 58.2 Å². The van der Waals surface area contributed by atoms with Gasteiger partial charge in [0.25, 0.3) is 0 Å². The predicted octanol–water partition coefficient (Wildman–Crippen LogP) is 2.71. The average molecular weight is 304 g/mol. The molecule has 1 heterocycles. The van der Waals surface area contributed by atoms with Gasteiger partial charge >= 0.3 is 0 Å². The highest BCUT2D eigenvalue weighted by Gasteiger charge is 2.31. The van der Waals surface area contributed by atoms with E-state index in [0.29, 0.717) is 11.4 Å². The van der Waals surface area contributed by atoms with Crippen LogP contribution in [0.25, 0.3) is 0 Å². The van der Waals surface area contributed by atoms with Crippen molar-refractivity contribution in [3.8, 4) is 0 Å². The summed E-state index contributed by atoms with van der Waals surface area (Å²) in [5.41, 5.74) is -0.336. The smallest absolute Gasteiger partial charge is 0.242 e. The molecular formula is C13H24N2O2S2. The normalized spacial score (nSPS) is 12.8. The van der Waals surface area contributed by atoms with Crippen molar-refractivity contribution >= 4 is 21.4 Å². The van der Waals surface area contributed by atoms with Crippen LogP contribution in [-0.2, 0) is 16.6 Å². The molecule has 0 saturated heterocycles. The SMILES string of the molecule is CCC(CC)(CC)NS(=O)(=O)c1ccsc1CNC. The minimum Gasteiger partial charge on any atom is -0.315 e. The predicted molar refractivity (Wildman–Crippen MR) is 81.0 cm³/mol. The van der Waals surface area contributed by atoms with Crippen LogP contribution in [0, 0.1) is 0 Å². The van der Waals surface area contributed by atoms with Crippen LogP contribution in [0.2, 0.25) is 0 Å². The van der Waals surface area contributed by atoms with E-state index in [9.17, 15) is 8.42 Å². The van der Waals surface area contributed by atoms with Crippen LogP contribution in [0.15, 0.2) is 16.3 Å². The lowest BCUT2D eigenvalue weighted by Crippen LogP contribution is -2.47. The van der Waals surface area contributed by atoms with Crippen molar-refractivity contribution in [1.82, 2.24) is 10.0 Å². The average Bonchev–Trinajstić information content (AvgIpc) is 2.86. The molecule has 0 saturated carbocycles. The molecule has 0 spiro atoms. The first-order valence-electron chi connectivity index (χ1n) is 6.69.